The van der Waals surface area contributed by atoms with Crippen LogP contribution in [-0.2, 0) is 14.6 Å². The number of aryl methyl sites for hydroxylation is 1. The van der Waals surface area contributed by atoms with Gasteiger partial charge in [-0.1, -0.05) is 59.1 Å². The van der Waals surface area contributed by atoms with Crippen LogP contribution in [0, 0.1) is 6.92 Å². The summed E-state index contributed by atoms with van der Waals surface area (Å²) in [5, 5.41) is 3.28. The van der Waals surface area contributed by atoms with Gasteiger partial charge in [-0.2, -0.15) is 0 Å². The van der Waals surface area contributed by atoms with Crippen LogP contribution in [0.5, 0.6) is 0 Å². The maximum absolute atomic E-state index is 13.3. The molecule has 0 radical (unpaired) electrons. The highest BCUT2D eigenvalue weighted by atomic mass is 35.5. The zero-order valence-corrected chi connectivity index (χ0v) is 19.8. The molecule has 168 valence electrons. The first-order chi connectivity index (χ1) is 15.7. The van der Waals surface area contributed by atoms with Gasteiger partial charge in [0.1, 0.15) is 5.75 Å². The first-order valence-corrected chi connectivity index (χ1v) is 12.3. The monoisotopic (exact) mass is 499 g/mol. The van der Waals surface area contributed by atoms with E-state index in [1.165, 1.54) is 4.57 Å². The van der Waals surface area contributed by atoms with Crippen molar-refractivity contribution in [3.63, 3.8) is 0 Å². The number of carbonyl (C=O) groups excluding carboxylic acids is 1. The molecule has 33 heavy (non-hydrogen) atoms. The summed E-state index contributed by atoms with van der Waals surface area (Å²) in [5.74, 6) is -1.46. The number of sulfone groups is 1. The molecule has 6 nitrogen and oxygen atoms in total. The van der Waals surface area contributed by atoms with Crippen LogP contribution in [0.4, 0.5) is 5.69 Å². The lowest BCUT2D eigenvalue weighted by Gasteiger charge is -2.09. The second kappa shape index (κ2) is 9.39. The fraction of sp³-hybridized carbons (Fsp3) is 0.0833. The molecule has 0 bridgehead atoms. The largest absolute Gasteiger partial charge is 0.325 e. The van der Waals surface area contributed by atoms with E-state index >= 15 is 0 Å². The van der Waals surface area contributed by atoms with E-state index in [-0.39, 0.29) is 5.16 Å². The van der Waals surface area contributed by atoms with Crippen molar-refractivity contribution in [2.24, 2.45) is 0 Å². The molecule has 0 saturated carbocycles. The number of anilines is 1. The Labute approximate surface area is 201 Å². The Morgan fingerprint density at radius 2 is 1.67 bits per heavy atom. The molecule has 9 heteroatoms. The molecular weight excluding hydrogens is 481 g/mol. The lowest BCUT2D eigenvalue weighted by molar-refractivity contribution is -0.113. The van der Waals surface area contributed by atoms with E-state index < -0.39 is 21.5 Å². The van der Waals surface area contributed by atoms with Gasteiger partial charge in [-0.05, 0) is 49.4 Å². The number of nitrogens with zero attached hydrogens (tertiary/aromatic N) is 2. The van der Waals surface area contributed by atoms with Crippen LogP contribution < -0.4 is 5.32 Å². The summed E-state index contributed by atoms with van der Waals surface area (Å²) >= 11 is 12.0. The highest BCUT2D eigenvalue weighted by Gasteiger charge is 2.27. The van der Waals surface area contributed by atoms with E-state index in [1.54, 1.807) is 54.7 Å². The predicted octanol–water partition coefficient (Wildman–Crippen LogP) is 5.57. The van der Waals surface area contributed by atoms with Gasteiger partial charge in [0.05, 0.1) is 5.69 Å². The van der Waals surface area contributed by atoms with Crippen LogP contribution in [0.25, 0.3) is 16.9 Å². The average Bonchev–Trinajstić information content (AvgIpc) is 3.22. The van der Waals surface area contributed by atoms with Gasteiger partial charge in [0, 0.05) is 33.2 Å². The van der Waals surface area contributed by atoms with Gasteiger partial charge >= 0.3 is 0 Å². The molecule has 0 atom stereocenters. The van der Waals surface area contributed by atoms with E-state index in [4.69, 9.17) is 23.2 Å². The number of carbonyl (C=O) groups is 1. The quantitative estimate of drug-likeness (QED) is 0.376. The minimum absolute atomic E-state index is 0.244. The van der Waals surface area contributed by atoms with E-state index in [0.29, 0.717) is 27.1 Å². The molecule has 0 aliphatic carbocycles. The third-order valence-electron chi connectivity index (χ3n) is 4.83. The highest BCUT2D eigenvalue weighted by Crippen LogP contribution is 2.26. The molecule has 3 aromatic carbocycles. The zero-order chi connectivity index (χ0) is 23.6. The Morgan fingerprint density at radius 1 is 0.970 bits per heavy atom. The third kappa shape index (κ3) is 5.45. The van der Waals surface area contributed by atoms with Crippen LogP contribution in [0.1, 0.15) is 5.56 Å². The SMILES string of the molecule is Cc1ccc(-c2cn(-c3cccc(Cl)c3)c(S(=O)(=O)CC(=O)Nc3ccc(Cl)cc3)n2)cc1. The molecule has 1 aromatic heterocycles. The van der Waals surface area contributed by atoms with Crippen molar-refractivity contribution in [1.29, 1.82) is 0 Å². The predicted molar refractivity (Wildman–Crippen MR) is 131 cm³/mol. The summed E-state index contributed by atoms with van der Waals surface area (Å²) in [5.41, 5.74) is 3.25. The van der Waals surface area contributed by atoms with Gasteiger partial charge in [0.2, 0.25) is 20.9 Å². The van der Waals surface area contributed by atoms with E-state index in [1.807, 2.05) is 31.2 Å². The molecule has 1 heterocycles. The second-order valence-corrected chi connectivity index (χ2v) is 10.2. The standard InChI is InChI=1S/C24H19Cl2N3O3S/c1-16-5-7-17(8-6-16)22-14-29(21-4-2-3-19(26)13-21)24(28-22)33(31,32)15-23(30)27-20-11-9-18(25)10-12-20/h2-14H,15H2,1H3,(H,27,30). The van der Waals surface area contributed by atoms with E-state index in [0.717, 1.165) is 11.1 Å². The van der Waals surface area contributed by atoms with Gasteiger partial charge in [0.15, 0.2) is 0 Å². The number of hydrogen-bond acceptors (Lipinski definition) is 4. The topological polar surface area (TPSA) is 81.1 Å². The Morgan fingerprint density at radius 3 is 2.33 bits per heavy atom. The van der Waals surface area contributed by atoms with Crippen LogP contribution >= 0.6 is 23.2 Å². The highest BCUT2D eigenvalue weighted by molar-refractivity contribution is 7.92. The van der Waals surface area contributed by atoms with Crippen LogP contribution in [0.2, 0.25) is 10.0 Å². The fourth-order valence-electron chi connectivity index (χ4n) is 3.22. The lowest BCUT2D eigenvalue weighted by atomic mass is 10.1. The molecule has 0 saturated heterocycles. The molecular formula is C24H19Cl2N3O3S. The van der Waals surface area contributed by atoms with Crippen LogP contribution in [-0.4, -0.2) is 29.6 Å². The summed E-state index contributed by atoms with van der Waals surface area (Å²) in [6.07, 6.45) is 1.63. The number of halogens is 2. The molecule has 0 fully saturated rings. The molecule has 1 amide bonds. The minimum Gasteiger partial charge on any atom is -0.325 e. The van der Waals surface area contributed by atoms with Gasteiger partial charge in [-0.15, -0.1) is 0 Å². The molecule has 0 aliphatic rings. The summed E-state index contributed by atoms with van der Waals surface area (Å²) in [4.78, 5) is 16.9. The van der Waals surface area contributed by atoms with Crippen molar-refractivity contribution in [3.05, 3.63) is 94.6 Å². The van der Waals surface area contributed by atoms with Gasteiger partial charge < -0.3 is 5.32 Å². The maximum Gasteiger partial charge on any atom is 0.240 e. The normalized spacial score (nSPS) is 11.4. The average molecular weight is 500 g/mol. The number of aromatic nitrogens is 2. The lowest BCUT2D eigenvalue weighted by Crippen LogP contribution is -2.25. The Bertz CT molecular complexity index is 1410. The summed E-state index contributed by atoms with van der Waals surface area (Å²) in [6, 6.07) is 20.7. The van der Waals surface area contributed by atoms with Crippen molar-refractivity contribution in [3.8, 4) is 16.9 Å². The number of amides is 1. The fourth-order valence-corrected chi connectivity index (χ4v) is 4.78. The maximum atomic E-state index is 13.3. The molecule has 0 unspecified atom stereocenters. The Balaban J connectivity index is 1.71. The molecule has 4 aromatic rings. The van der Waals surface area contributed by atoms with Crippen molar-refractivity contribution in [1.82, 2.24) is 9.55 Å². The smallest absolute Gasteiger partial charge is 0.240 e. The molecule has 1 N–H and O–H groups in total. The molecule has 0 aliphatic heterocycles. The number of nitrogens with one attached hydrogen (secondary N) is 1. The Kier molecular flexibility index (Phi) is 6.56. The van der Waals surface area contributed by atoms with Gasteiger partial charge in [-0.25, -0.2) is 13.4 Å². The summed E-state index contributed by atoms with van der Waals surface area (Å²) in [6.45, 7) is 1.96. The van der Waals surface area contributed by atoms with Crippen molar-refractivity contribution in [2.45, 2.75) is 12.1 Å². The number of rotatable bonds is 6. The summed E-state index contributed by atoms with van der Waals surface area (Å²) in [7, 11) is -4.10. The van der Waals surface area contributed by atoms with Crippen molar-refractivity contribution < 1.29 is 13.2 Å². The van der Waals surface area contributed by atoms with Crippen LogP contribution in [0.15, 0.2) is 84.1 Å². The van der Waals surface area contributed by atoms with E-state index in [2.05, 4.69) is 10.3 Å². The minimum atomic E-state index is -4.10. The zero-order valence-electron chi connectivity index (χ0n) is 17.5. The third-order valence-corrected chi connectivity index (χ3v) is 6.81. The second-order valence-electron chi connectivity index (χ2n) is 7.44. The molecule has 4 rings (SSSR count). The van der Waals surface area contributed by atoms with Gasteiger partial charge in [0.25, 0.3) is 0 Å². The summed E-state index contributed by atoms with van der Waals surface area (Å²) < 4.78 is 28.0. The number of imidazole rings is 1. The number of hydrogen-bond donors (Lipinski definition) is 1. The first kappa shape index (κ1) is 23.0. The first-order valence-electron chi connectivity index (χ1n) is 9.92. The number of benzene rings is 3. The van der Waals surface area contributed by atoms with Gasteiger partial charge in [-0.3, -0.25) is 9.36 Å². The van der Waals surface area contributed by atoms with E-state index in [9.17, 15) is 13.2 Å². The van der Waals surface area contributed by atoms with Crippen molar-refractivity contribution in [2.75, 3.05) is 11.1 Å². The Hall–Kier alpha value is -3.13. The van der Waals surface area contributed by atoms with Crippen molar-refractivity contribution >= 4 is 44.6 Å². The molecule has 0 spiro atoms. The van der Waals surface area contributed by atoms with Crippen LogP contribution in [0.3, 0.4) is 0 Å².